The highest BCUT2D eigenvalue weighted by Gasteiger charge is 2.69. The minimum absolute atomic E-state index is 0.132. The molecule has 1 unspecified atom stereocenters. The first-order valence-electron chi connectivity index (χ1n) is 9.33. The number of carbonyl (C=O) groups is 2. The summed E-state index contributed by atoms with van der Waals surface area (Å²) in [5, 5.41) is -6.08. The van der Waals surface area contributed by atoms with Gasteiger partial charge >= 0.3 is 45.1 Å². The Morgan fingerprint density at radius 2 is 1.45 bits per heavy atom. The van der Waals surface area contributed by atoms with Gasteiger partial charge in [0.1, 0.15) is 0 Å². The van der Waals surface area contributed by atoms with Crippen molar-refractivity contribution >= 4 is 22.0 Å². The molecule has 0 spiro atoms. The summed E-state index contributed by atoms with van der Waals surface area (Å²) in [6.45, 7) is 4.31. The smallest absolute Gasteiger partial charge is 0.412 e. The Labute approximate surface area is 185 Å². The largest absolute Gasteiger partial charge is 0.466 e. The highest BCUT2D eigenvalue weighted by atomic mass is 32.2. The van der Waals surface area contributed by atoms with Gasteiger partial charge in [-0.25, -0.2) is 4.79 Å². The summed E-state index contributed by atoms with van der Waals surface area (Å²) >= 11 is 0. The van der Waals surface area contributed by atoms with Crippen LogP contribution in [-0.2, 0) is 29.2 Å². The monoisotopic (exact) mass is 519 g/mol. The van der Waals surface area contributed by atoms with Gasteiger partial charge in [0.25, 0.3) is 0 Å². The highest BCUT2D eigenvalue weighted by Crippen LogP contribution is 2.42. The lowest BCUT2D eigenvalue weighted by Gasteiger charge is -2.37. The van der Waals surface area contributed by atoms with Crippen LogP contribution in [0.1, 0.15) is 40.0 Å². The molecule has 1 atom stereocenters. The van der Waals surface area contributed by atoms with E-state index in [1.54, 1.807) is 0 Å². The Morgan fingerprint density at radius 3 is 1.79 bits per heavy atom. The van der Waals surface area contributed by atoms with Crippen molar-refractivity contribution in [3.05, 3.63) is 12.2 Å². The quantitative estimate of drug-likeness (QED) is 0.130. The Morgan fingerprint density at radius 1 is 1.00 bits per heavy atom. The summed E-state index contributed by atoms with van der Waals surface area (Å²) in [6.07, 6.45) is -8.02. The lowest BCUT2D eigenvalue weighted by Crippen LogP contribution is -2.63. The van der Waals surface area contributed by atoms with Crippen molar-refractivity contribution in [2.75, 3.05) is 19.7 Å². The molecule has 8 nitrogen and oxygen atoms in total. The van der Waals surface area contributed by atoms with Crippen molar-refractivity contribution in [3.8, 4) is 0 Å². The van der Waals surface area contributed by atoms with E-state index in [0.29, 0.717) is 4.90 Å². The molecule has 0 aromatic carbocycles. The molecule has 1 N–H and O–H groups in total. The first-order valence-corrected chi connectivity index (χ1v) is 10.8. The van der Waals surface area contributed by atoms with Crippen molar-refractivity contribution in [1.29, 1.82) is 0 Å². The molecule has 0 aliphatic carbocycles. The zero-order valence-corrected chi connectivity index (χ0v) is 18.7. The van der Waals surface area contributed by atoms with Crippen LogP contribution in [0.15, 0.2) is 12.2 Å². The Kier molecular flexibility index (Phi) is 10.3. The number of amides is 1. The summed E-state index contributed by atoms with van der Waals surface area (Å²) in [6, 6.07) is 0. The Balaban J connectivity index is 6.33. The standard InChI is InChI=1S/C17H24F7NO7S/c1-5-8-25(9-6-2)13(27)15(16(20,21)22,32-12(26)11(3)4)31-10-7-14(18,19)17(23,24)33(28,29)30/h3,5-10H2,1-2,4H3,(H,28,29,30). The third kappa shape index (κ3) is 7.02. The van der Waals surface area contributed by atoms with Crippen LogP contribution in [0.3, 0.4) is 0 Å². The maximum atomic E-state index is 14.0. The number of hydrogen-bond acceptors (Lipinski definition) is 6. The van der Waals surface area contributed by atoms with Crippen molar-refractivity contribution in [1.82, 2.24) is 4.90 Å². The van der Waals surface area contributed by atoms with Crippen LogP contribution >= 0.6 is 0 Å². The first kappa shape index (κ1) is 31.1. The predicted molar refractivity (Wildman–Crippen MR) is 98.9 cm³/mol. The molecule has 0 aromatic heterocycles. The molecule has 194 valence electrons. The molecular weight excluding hydrogens is 495 g/mol. The molecule has 0 fully saturated rings. The lowest BCUT2D eigenvalue weighted by molar-refractivity contribution is -0.353. The SMILES string of the molecule is C=C(C)C(=O)OC(OCCC(F)(F)C(F)(F)S(=O)(=O)O)(C(=O)N(CCC)CCC)C(F)(F)F. The van der Waals surface area contributed by atoms with E-state index in [2.05, 4.69) is 16.1 Å². The first-order chi connectivity index (χ1) is 14.7. The molecule has 0 heterocycles. The molecule has 0 saturated carbocycles. The molecule has 1 amide bonds. The predicted octanol–water partition coefficient (Wildman–Crippen LogP) is 3.54. The third-order valence-corrected chi connectivity index (χ3v) is 4.93. The average molecular weight is 519 g/mol. The third-order valence-electron chi connectivity index (χ3n) is 3.99. The van der Waals surface area contributed by atoms with Crippen LogP contribution in [0.25, 0.3) is 0 Å². The second-order valence-corrected chi connectivity index (χ2v) is 8.33. The maximum absolute atomic E-state index is 14.0. The molecule has 0 aliphatic heterocycles. The second-order valence-electron chi connectivity index (χ2n) is 6.87. The van der Waals surface area contributed by atoms with E-state index in [4.69, 9.17) is 4.55 Å². The molecule has 0 aliphatic rings. The summed E-state index contributed by atoms with van der Waals surface area (Å²) in [4.78, 5) is 25.2. The number of esters is 1. The van der Waals surface area contributed by atoms with Crippen LogP contribution in [0.4, 0.5) is 30.7 Å². The van der Waals surface area contributed by atoms with Gasteiger partial charge in [-0.3, -0.25) is 9.35 Å². The van der Waals surface area contributed by atoms with Crippen molar-refractivity contribution in [3.63, 3.8) is 0 Å². The second kappa shape index (κ2) is 11.0. The highest BCUT2D eigenvalue weighted by molar-refractivity contribution is 7.87. The lowest BCUT2D eigenvalue weighted by atomic mass is 10.1. The fourth-order valence-electron chi connectivity index (χ4n) is 2.33. The van der Waals surface area contributed by atoms with E-state index >= 15 is 0 Å². The van der Waals surface area contributed by atoms with Gasteiger partial charge in [-0.05, 0) is 19.8 Å². The van der Waals surface area contributed by atoms with Crippen molar-refractivity contribution in [2.24, 2.45) is 0 Å². The van der Waals surface area contributed by atoms with E-state index in [9.17, 15) is 48.7 Å². The van der Waals surface area contributed by atoms with Crippen LogP contribution in [0.2, 0.25) is 0 Å². The van der Waals surface area contributed by atoms with E-state index in [1.807, 2.05) is 0 Å². The number of carbonyl (C=O) groups excluding carboxylic acids is 2. The molecule has 33 heavy (non-hydrogen) atoms. The van der Waals surface area contributed by atoms with Crippen LogP contribution in [-0.4, -0.2) is 72.6 Å². The van der Waals surface area contributed by atoms with Gasteiger partial charge in [0, 0.05) is 25.1 Å². The zero-order chi connectivity index (χ0) is 26.5. The van der Waals surface area contributed by atoms with Gasteiger partial charge in [0.15, 0.2) is 0 Å². The van der Waals surface area contributed by atoms with Gasteiger partial charge in [0.05, 0.1) is 6.61 Å². The van der Waals surface area contributed by atoms with E-state index in [1.165, 1.54) is 13.8 Å². The topological polar surface area (TPSA) is 110 Å². The van der Waals surface area contributed by atoms with Crippen LogP contribution in [0.5, 0.6) is 0 Å². The number of ether oxygens (including phenoxy) is 2. The molecule has 16 heteroatoms. The molecule has 0 bridgehead atoms. The normalized spacial score (nSPS) is 15.0. The number of nitrogens with zero attached hydrogens (tertiary/aromatic N) is 1. The van der Waals surface area contributed by atoms with E-state index in [-0.39, 0.29) is 25.9 Å². The van der Waals surface area contributed by atoms with Gasteiger partial charge in [-0.2, -0.15) is 39.2 Å². The van der Waals surface area contributed by atoms with Crippen molar-refractivity contribution in [2.45, 2.75) is 63.2 Å². The van der Waals surface area contributed by atoms with E-state index in [0.717, 1.165) is 6.92 Å². The molecule has 0 aromatic rings. The molecule has 0 saturated heterocycles. The Hall–Kier alpha value is -1.94. The number of rotatable bonds is 13. The average Bonchev–Trinajstić information content (AvgIpc) is 2.64. The van der Waals surface area contributed by atoms with Crippen LogP contribution < -0.4 is 0 Å². The van der Waals surface area contributed by atoms with Gasteiger partial charge in [-0.15, -0.1) is 0 Å². The summed E-state index contributed by atoms with van der Waals surface area (Å²) in [7, 11) is -6.66. The maximum Gasteiger partial charge on any atom is 0.466 e. The molecule has 0 radical (unpaired) electrons. The summed E-state index contributed by atoms with van der Waals surface area (Å²) in [5.74, 6) is -14.0. The van der Waals surface area contributed by atoms with Gasteiger partial charge in [-0.1, -0.05) is 20.4 Å². The Bertz CT molecular complexity index is 824. The fourth-order valence-corrected chi connectivity index (χ4v) is 2.81. The van der Waals surface area contributed by atoms with Gasteiger partial charge in [0.2, 0.25) is 0 Å². The van der Waals surface area contributed by atoms with Gasteiger partial charge < -0.3 is 14.4 Å². The summed E-state index contributed by atoms with van der Waals surface area (Å²) in [5.41, 5.74) is -0.638. The minimum atomic E-state index is -6.66. The van der Waals surface area contributed by atoms with Crippen LogP contribution in [0, 0.1) is 0 Å². The minimum Gasteiger partial charge on any atom is -0.412 e. The number of alkyl halides is 7. The number of halogens is 7. The van der Waals surface area contributed by atoms with E-state index < -0.39 is 63.7 Å². The molecule has 0 rings (SSSR count). The fraction of sp³-hybridized carbons (Fsp3) is 0.765. The number of hydrogen-bond donors (Lipinski definition) is 1. The summed E-state index contributed by atoms with van der Waals surface area (Å²) < 4.78 is 134. The van der Waals surface area contributed by atoms with Crippen molar-refractivity contribution < 1.29 is 62.8 Å². The molecular formula is C17H24F7NO7S. The zero-order valence-electron chi connectivity index (χ0n) is 17.8.